The van der Waals surface area contributed by atoms with Gasteiger partial charge in [-0.15, -0.1) is 24.0 Å². The number of carbonyl (C=O) groups is 1. The lowest BCUT2D eigenvalue weighted by Gasteiger charge is -2.14. The molecule has 136 valence electrons. The molecule has 2 N–H and O–H groups in total. The Bertz CT molecular complexity index is 685. The Morgan fingerprint density at radius 1 is 1.24 bits per heavy atom. The molecule has 1 amide bonds. The van der Waals surface area contributed by atoms with Crippen molar-refractivity contribution >= 4 is 35.8 Å². The number of aliphatic imine (C=N–C) groups is 1. The molecule has 1 aromatic heterocycles. The van der Waals surface area contributed by atoms with E-state index in [4.69, 9.17) is 0 Å². The second kappa shape index (κ2) is 10.6. The van der Waals surface area contributed by atoms with Crippen LogP contribution in [0.2, 0.25) is 0 Å². The zero-order chi connectivity index (χ0) is 17.4. The molecule has 0 radical (unpaired) electrons. The van der Waals surface area contributed by atoms with Crippen LogP contribution >= 0.6 is 24.0 Å². The second-order valence-corrected chi connectivity index (χ2v) is 5.45. The number of aryl methyl sites for hydroxylation is 1. The maximum Gasteiger partial charge on any atom is 0.241 e. The SMILES string of the molecule is CN(C)C(=O)CNC(=NCc1ccccc1)NCc1ncnn1C.I. The second-order valence-electron chi connectivity index (χ2n) is 5.45. The van der Waals surface area contributed by atoms with E-state index in [0.717, 1.165) is 11.4 Å². The van der Waals surface area contributed by atoms with Gasteiger partial charge in [-0.25, -0.2) is 9.98 Å². The average Bonchev–Trinajstić information content (AvgIpc) is 2.99. The van der Waals surface area contributed by atoms with Gasteiger partial charge >= 0.3 is 0 Å². The van der Waals surface area contributed by atoms with Crippen LogP contribution < -0.4 is 10.6 Å². The summed E-state index contributed by atoms with van der Waals surface area (Å²) in [5.41, 5.74) is 1.09. The molecule has 2 aromatic rings. The molecule has 0 fully saturated rings. The van der Waals surface area contributed by atoms with Gasteiger partial charge in [0.15, 0.2) is 5.96 Å². The minimum absolute atomic E-state index is 0. The molecular formula is C16H24IN7O. The number of nitrogens with zero attached hydrogens (tertiary/aromatic N) is 5. The Balaban J connectivity index is 0.00000312. The Morgan fingerprint density at radius 3 is 2.56 bits per heavy atom. The van der Waals surface area contributed by atoms with E-state index in [9.17, 15) is 4.79 Å². The highest BCUT2D eigenvalue weighted by atomic mass is 127. The minimum atomic E-state index is -0.0251. The van der Waals surface area contributed by atoms with Crippen molar-refractivity contribution in [2.24, 2.45) is 12.0 Å². The number of benzene rings is 1. The van der Waals surface area contributed by atoms with Crippen molar-refractivity contribution in [1.82, 2.24) is 30.3 Å². The van der Waals surface area contributed by atoms with Gasteiger partial charge in [0, 0.05) is 21.1 Å². The maximum absolute atomic E-state index is 11.8. The molecule has 0 aliphatic rings. The standard InChI is InChI=1S/C16H23N7O.HI/c1-22(2)15(24)11-19-16(17-9-13-7-5-4-6-8-13)18-10-14-20-12-21-23(14)3;/h4-8,12H,9-11H2,1-3H3,(H2,17,18,19);1H. The van der Waals surface area contributed by atoms with Crippen LogP contribution in [0, 0.1) is 0 Å². The van der Waals surface area contributed by atoms with Crippen LogP contribution in [0.25, 0.3) is 0 Å². The minimum Gasteiger partial charge on any atom is -0.349 e. The molecule has 25 heavy (non-hydrogen) atoms. The highest BCUT2D eigenvalue weighted by Gasteiger charge is 2.07. The van der Waals surface area contributed by atoms with E-state index in [1.165, 1.54) is 11.2 Å². The molecule has 0 aliphatic heterocycles. The Kier molecular flexibility index (Phi) is 8.89. The first kappa shape index (κ1) is 20.9. The number of guanidine groups is 1. The quantitative estimate of drug-likeness (QED) is 0.380. The van der Waals surface area contributed by atoms with E-state index in [-0.39, 0.29) is 36.4 Å². The summed E-state index contributed by atoms with van der Waals surface area (Å²) in [5.74, 6) is 1.31. The van der Waals surface area contributed by atoms with Gasteiger partial charge < -0.3 is 15.5 Å². The van der Waals surface area contributed by atoms with Crippen LogP contribution in [0.3, 0.4) is 0 Å². The molecule has 9 heteroatoms. The number of amides is 1. The highest BCUT2D eigenvalue weighted by molar-refractivity contribution is 14.0. The topological polar surface area (TPSA) is 87.4 Å². The Morgan fingerprint density at radius 2 is 1.96 bits per heavy atom. The molecule has 0 saturated heterocycles. The van der Waals surface area contributed by atoms with Crippen LogP contribution in [-0.2, 0) is 24.9 Å². The zero-order valence-electron chi connectivity index (χ0n) is 14.6. The van der Waals surface area contributed by atoms with Crippen LogP contribution in [0.1, 0.15) is 11.4 Å². The van der Waals surface area contributed by atoms with E-state index in [2.05, 4.69) is 25.7 Å². The third kappa shape index (κ3) is 7.08. The molecule has 0 spiro atoms. The van der Waals surface area contributed by atoms with Gasteiger partial charge in [-0.05, 0) is 5.56 Å². The number of nitrogens with one attached hydrogen (secondary N) is 2. The van der Waals surface area contributed by atoms with Crippen molar-refractivity contribution in [1.29, 1.82) is 0 Å². The fourth-order valence-electron chi connectivity index (χ4n) is 1.89. The summed E-state index contributed by atoms with van der Waals surface area (Å²) in [5, 5.41) is 10.2. The highest BCUT2D eigenvalue weighted by Crippen LogP contribution is 2.00. The molecule has 0 atom stereocenters. The maximum atomic E-state index is 11.8. The van der Waals surface area contributed by atoms with Crippen molar-refractivity contribution in [3.63, 3.8) is 0 Å². The van der Waals surface area contributed by atoms with E-state index < -0.39 is 0 Å². The van der Waals surface area contributed by atoms with E-state index in [1.54, 1.807) is 18.8 Å². The number of rotatable bonds is 6. The number of aromatic nitrogens is 3. The van der Waals surface area contributed by atoms with Gasteiger partial charge in [0.2, 0.25) is 5.91 Å². The average molecular weight is 457 g/mol. The first-order valence-corrected chi connectivity index (χ1v) is 7.65. The number of carbonyl (C=O) groups excluding carboxylic acids is 1. The van der Waals surface area contributed by atoms with Gasteiger partial charge in [0.1, 0.15) is 12.2 Å². The molecule has 1 heterocycles. The smallest absolute Gasteiger partial charge is 0.241 e. The first-order valence-electron chi connectivity index (χ1n) is 7.65. The third-order valence-electron chi connectivity index (χ3n) is 3.39. The molecule has 0 unspecified atom stereocenters. The van der Waals surface area contributed by atoms with E-state index >= 15 is 0 Å². The number of likely N-dealkylation sites (N-methyl/N-ethyl adjacent to an activating group) is 1. The molecule has 0 bridgehead atoms. The lowest BCUT2D eigenvalue weighted by Crippen LogP contribution is -2.43. The summed E-state index contributed by atoms with van der Waals surface area (Å²) >= 11 is 0. The van der Waals surface area contributed by atoms with Gasteiger partial charge in [0.05, 0.1) is 19.6 Å². The van der Waals surface area contributed by atoms with Gasteiger partial charge in [-0.1, -0.05) is 30.3 Å². The molecule has 0 aliphatic carbocycles. The van der Waals surface area contributed by atoms with Gasteiger partial charge in [-0.2, -0.15) is 5.10 Å². The molecule has 1 aromatic carbocycles. The summed E-state index contributed by atoms with van der Waals surface area (Å²) in [6, 6.07) is 9.93. The number of hydrogen-bond donors (Lipinski definition) is 2. The Labute approximate surface area is 164 Å². The number of halogens is 1. The Hall–Kier alpha value is -2.17. The van der Waals surface area contributed by atoms with E-state index in [0.29, 0.717) is 19.0 Å². The zero-order valence-corrected chi connectivity index (χ0v) is 17.0. The van der Waals surface area contributed by atoms with Crippen molar-refractivity contribution < 1.29 is 4.79 Å². The lowest BCUT2D eigenvalue weighted by atomic mass is 10.2. The molecular weight excluding hydrogens is 433 g/mol. The predicted octanol–water partition coefficient (Wildman–Crippen LogP) is 0.757. The molecule has 8 nitrogen and oxygen atoms in total. The van der Waals surface area contributed by atoms with E-state index in [1.807, 2.05) is 37.4 Å². The van der Waals surface area contributed by atoms with Crippen LogP contribution in [-0.4, -0.2) is 52.2 Å². The van der Waals surface area contributed by atoms with Gasteiger partial charge in [-0.3, -0.25) is 9.48 Å². The predicted molar refractivity (Wildman–Crippen MR) is 108 cm³/mol. The van der Waals surface area contributed by atoms with Crippen LogP contribution in [0.4, 0.5) is 0 Å². The summed E-state index contributed by atoms with van der Waals surface area (Å²) in [4.78, 5) is 22.0. The first-order chi connectivity index (χ1) is 11.6. The van der Waals surface area contributed by atoms with Crippen LogP contribution in [0.5, 0.6) is 0 Å². The van der Waals surface area contributed by atoms with Crippen molar-refractivity contribution in [3.8, 4) is 0 Å². The summed E-state index contributed by atoms with van der Waals surface area (Å²) in [6.45, 7) is 1.16. The van der Waals surface area contributed by atoms with Crippen molar-refractivity contribution in [3.05, 3.63) is 48.0 Å². The monoisotopic (exact) mass is 457 g/mol. The molecule has 2 rings (SSSR count). The summed E-state index contributed by atoms with van der Waals surface area (Å²) in [7, 11) is 5.27. The normalized spacial score (nSPS) is 10.8. The van der Waals surface area contributed by atoms with Crippen molar-refractivity contribution in [2.45, 2.75) is 13.1 Å². The third-order valence-corrected chi connectivity index (χ3v) is 3.39. The largest absolute Gasteiger partial charge is 0.349 e. The molecule has 0 saturated carbocycles. The summed E-state index contributed by atoms with van der Waals surface area (Å²) in [6.07, 6.45) is 1.50. The fourth-order valence-corrected chi connectivity index (χ4v) is 1.89. The lowest BCUT2D eigenvalue weighted by molar-refractivity contribution is -0.127. The summed E-state index contributed by atoms with van der Waals surface area (Å²) < 4.78 is 1.69. The number of hydrogen-bond acceptors (Lipinski definition) is 4. The van der Waals surface area contributed by atoms with Gasteiger partial charge in [0.25, 0.3) is 0 Å². The van der Waals surface area contributed by atoms with Crippen LogP contribution in [0.15, 0.2) is 41.7 Å². The van der Waals surface area contributed by atoms with Crippen molar-refractivity contribution in [2.75, 3.05) is 20.6 Å². The fraction of sp³-hybridized carbons (Fsp3) is 0.375.